The van der Waals surface area contributed by atoms with E-state index in [1.807, 2.05) is 39.9 Å². The molecule has 5 heteroatoms. The van der Waals surface area contributed by atoms with E-state index in [9.17, 15) is 4.79 Å². The summed E-state index contributed by atoms with van der Waals surface area (Å²) in [5, 5.41) is 4.93. The van der Waals surface area contributed by atoms with E-state index in [4.69, 9.17) is 9.84 Å². The molecule has 36 heavy (non-hydrogen) atoms. The van der Waals surface area contributed by atoms with Gasteiger partial charge < -0.3 is 9.64 Å². The topological polar surface area (TPSA) is 47.4 Å². The molecule has 0 radical (unpaired) electrons. The monoisotopic (exact) mass is 479 g/mol. The summed E-state index contributed by atoms with van der Waals surface area (Å²) in [6, 6.07) is 26.7. The Morgan fingerprint density at radius 3 is 2.47 bits per heavy atom. The van der Waals surface area contributed by atoms with Gasteiger partial charge in [-0.3, -0.25) is 4.79 Å². The fourth-order valence-corrected chi connectivity index (χ4v) is 5.04. The SMILES string of the molecule is COc1cccc(-c2cc(C(=O)N3CCC(Cc4ccccc4)CC3)n(-c3cc(C)ccc3C)n2)c1. The highest BCUT2D eigenvalue weighted by Crippen LogP contribution is 2.29. The van der Waals surface area contributed by atoms with Gasteiger partial charge >= 0.3 is 0 Å². The smallest absolute Gasteiger partial charge is 0.272 e. The molecule has 184 valence electrons. The van der Waals surface area contributed by atoms with Crippen LogP contribution in [0, 0.1) is 19.8 Å². The summed E-state index contributed by atoms with van der Waals surface area (Å²) in [4.78, 5) is 15.9. The van der Waals surface area contributed by atoms with E-state index >= 15 is 0 Å². The quantitative estimate of drug-likeness (QED) is 0.328. The van der Waals surface area contributed by atoms with Gasteiger partial charge in [-0.1, -0.05) is 54.6 Å². The van der Waals surface area contributed by atoms with Crippen LogP contribution in [0.15, 0.2) is 78.9 Å². The number of likely N-dealkylation sites (tertiary alicyclic amines) is 1. The van der Waals surface area contributed by atoms with Crippen molar-refractivity contribution in [3.63, 3.8) is 0 Å². The van der Waals surface area contributed by atoms with Crippen molar-refractivity contribution in [1.29, 1.82) is 0 Å². The molecule has 1 amide bonds. The van der Waals surface area contributed by atoms with E-state index in [0.717, 1.165) is 66.2 Å². The van der Waals surface area contributed by atoms with Gasteiger partial charge in [0.05, 0.1) is 18.5 Å². The molecule has 2 heterocycles. The Bertz CT molecular complexity index is 1350. The summed E-state index contributed by atoms with van der Waals surface area (Å²) >= 11 is 0. The third kappa shape index (κ3) is 5.06. The van der Waals surface area contributed by atoms with Crippen LogP contribution in [0.1, 0.15) is 40.0 Å². The van der Waals surface area contributed by atoms with Crippen LogP contribution in [0.5, 0.6) is 5.75 Å². The summed E-state index contributed by atoms with van der Waals surface area (Å²) in [6.07, 6.45) is 3.10. The molecular formula is C31H33N3O2. The first-order chi connectivity index (χ1) is 17.5. The van der Waals surface area contributed by atoms with Crippen molar-refractivity contribution in [2.24, 2.45) is 5.92 Å². The summed E-state index contributed by atoms with van der Waals surface area (Å²) in [5.74, 6) is 1.41. The molecule has 0 bridgehead atoms. The number of aryl methyl sites for hydroxylation is 2. The number of ether oxygens (including phenoxy) is 1. The summed E-state index contributed by atoms with van der Waals surface area (Å²) in [7, 11) is 1.66. The molecular weight excluding hydrogens is 446 g/mol. The molecule has 1 saturated heterocycles. The Balaban J connectivity index is 1.43. The van der Waals surface area contributed by atoms with E-state index in [-0.39, 0.29) is 5.91 Å². The summed E-state index contributed by atoms with van der Waals surface area (Å²) < 4.78 is 7.25. The van der Waals surface area contributed by atoms with Gasteiger partial charge in [-0.15, -0.1) is 0 Å². The Morgan fingerprint density at radius 1 is 0.944 bits per heavy atom. The molecule has 1 aliphatic heterocycles. The number of benzene rings is 3. The highest BCUT2D eigenvalue weighted by atomic mass is 16.5. The summed E-state index contributed by atoms with van der Waals surface area (Å²) in [6.45, 7) is 5.66. The van der Waals surface area contributed by atoms with Gasteiger partial charge in [0.1, 0.15) is 11.4 Å². The molecule has 5 rings (SSSR count). The van der Waals surface area contributed by atoms with Crippen molar-refractivity contribution in [3.8, 4) is 22.7 Å². The maximum absolute atomic E-state index is 13.9. The molecule has 0 unspecified atom stereocenters. The van der Waals surface area contributed by atoms with Gasteiger partial charge in [0, 0.05) is 18.7 Å². The molecule has 5 nitrogen and oxygen atoms in total. The number of rotatable bonds is 6. The minimum Gasteiger partial charge on any atom is -0.497 e. The van der Waals surface area contributed by atoms with Crippen molar-refractivity contribution in [2.45, 2.75) is 33.1 Å². The number of piperidine rings is 1. The molecule has 0 N–H and O–H groups in total. The number of hydrogen-bond donors (Lipinski definition) is 0. The van der Waals surface area contributed by atoms with Gasteiger partial charge in [-0.2, -0.15) is 5.10 Å². The van der Waals surface area contributed by atoms with E-state index in [1.54, 1.807) is 7.11 Å². The van der Waals surface area contributed by atoms with Crippen LogP contribution in [0.3, 0.4) is 0 Å². The van der Waals surface area contributed by atoms with Crippen molar-refractivity contribution < 1.29 is 9.53 Å². The van der Waals surface area contributed by atoms with Gasteiger partial charge in [-0.25, -0.2) is 4.68 Å². The third-order valence-electron chi connectivity index (χ3n) is 7.16. The number of methoxy groups -OCH3 is 1. The molecule has 0 spiro atoms. The first-order valence-corrected chi connectivity index (χ1v) is 12.7. The lowest BCUT2D eigenvalue weighted by molar-refractivity contribution is 0.0681. The molecule has 4 aromatic rings. The minimum atomic E-state index is 0.0377. The molecule has 0 saturated carbocycles. The normalized spacial score (nSPS) is 14.1. The lowest BCUT2D eigenvalue weighted by atomic mass is 9.90. The van der Waals surface area contributed by atoms with Crippen molar-refractivity contribution in [3.05, 3.63) is 101 Å². The van der Waals surface area contributed by atoms with E-state index in [1.165, 1.54) is 5.56 Å². The van der Waals surface area contributed by atoms with Crippen LogP contribution in [-0.4, -0.2) is 40.8 Å². The zero-order chi connectivity index (χ0) is 25.1. The number of carbonyl (C=O) groups excluding carboxylic acids is 1. The Labute approximate surface area is 213 Å². The molecule has 1 aliphatic rings. The Hall–Kier alpha value is -3.86. The second-order valence-electron chi connectivity index (χ2n) is 9.77. The molecule has 0 atom stereocenters. The number of carbonyl (C=O) groups is 1. The van der Waals surface area contributed by atoms with Gasteiger partial charge in [-0.05, 0) is 80.0 Å². The maximum Gasteiger partial charge on any atom is 0.272 e. The van der Waals surface area contributed by atoms with Crippen LogP contribution in [-0.2, 0) is 6.42 Å². The van der Waals surface area contributed by atoms with Crippen molar-refractivity contribution in [1.82, 2.24) is 14.7 Å². The highest BCUT2D eigenvalue weighted by Gasteiger charge is 2.27. The number of hydrogen-bond acceptors (Lipinski definition) is 3. The molecule has 1 fully saturated rings. The van der Waals surface area contributed by atoms with Crippen LogP contribution in [0.25, 0.3) is 16.9 Å². The Morgan fingerprint density at radius 2 is 1.72 bits per heavy atom. The average molecular weight is 480 g/mol. The predicted octanol–water partition coefficient (Wildman–Crippen LogP) is 6.26. The van der Waals surface area contributed by atoms with E-state index in [0.29, 0.717) is 11.6 Å². The number of aromatic nitrogens is 2. The zero-order valence-corrected chi connectivity index (χ0v) is 21.3. The second kappa shape index (κ2) is 10.4. The number of nitrogens with zero attached hydrogens (tertiary/aromatic N) is 3. The second-order valence-corrected chi connectivity index (χ2v) is 9.77. The fourth-order valence-electron chi connectivity index (χ4n) is 5.04. The molecule has 1 aromatic heterocycles. The third-order valence-corrected chi connectivity index (χ3v) is 7.16. The first kappa shape index (κ1) is 23.9. The van der Waals surface area contributed by atoms with Gasteiger partial charge in [0.15, 0.2) is 0 Å². The lowest BCUT2D eigenvalue weighted by Crippen LogP contribution is -2.39. The van der Waals surface area contributed by atoms with Gasteiger partial charge in [0.2, 0.25) is 0 Å². The molecule has 3 aromatic carbocycles. The maximum atomic E-state index is 13.9. The number of amides is 1. The average Bonchev–Trinajstić information content (AvgIpc) is 3.36. The standard InChI is InChI=1S/C31H33N3O2/c1-22-12-13-23(2)29(18-22)34-30(21-28(32-34)26-10-7-11-27(20-26)36-3)31(35)33-16-14-25(15-17-33)19-24-8-5-4-6-9-24/h4-13,18,20-21,25H,14-17,19H2,1-3H3. The predicted molar refractivity (Wildman–Crippen MR) is 144 cm³/mol. The van der Waals surface area contributed by atoms with Crippen molar-refractivity contribution in [2.75, 3.05) is 20.2 Å². The highest BCUT2D eigenvalue weighted by molar-refractivity contribution is 5.94. The largest absolute Gasteiger partial charge is 0.497 e. The first-order valence-electron chi connectivity index (χ1n) is 12.7. The zero-order valence-electron chi connectivity index (χ0n) is 21.3. The Kier molecular flexibility index (Phi) is 6.90. The van der Waals surface area contributed by atoms with Crippen molar-refractivity contribution >= 4 is 5.91 Å². The molecule has 0 aliphatic carbocycles. The minimum absolute atomic E-state index is 0.0377. The van der Waals surface area contributed by atoms with Gasteiger partial charge in [0.25, 0.3) is 5.91 Å². The fraction of sp³-hybridized carbons (Fsp3) is 0.290. The van der Waals surface area contributed by atoms with E-state index in [2.05, 4.69) is 62.4 Å². The summed E-state index contributed by atoms with van der Waals surface area (Å²) in [5.41, 5.74) is 6.81. The lowest BCUT2D eigenvalue weighted by Gasteiger charge is -2.32. The van der Waals surface area contributed by atoms with Crippen LogP contribution >= 0.6 is 0 Å². The van der Waals surface area contributed by atoms with Crippen LogP contribution in [0.4, 0.5) is 0 Å². The van der Waals surface area contributed by atoms with Crippen LogP contribution < -0.4 is 4.74 Å². The van der Waals surface area contributed by atoms with Crippen LogP contribution in [0.2, 0.25) is 0 Å². The van der Waals surface area contributed by atoms with E-state index < -0.39 is 0 Å².